The van der Waals surface area contributed by atoms with E-state index < -0.39 is 0 Å². The summed E-state index contributed by atoms with van der Waals surface area (Å²) in [6.07, 6.45) is 1.87. The molecule has 0 N–H and O–H groups in total. The van der Waals surface area contributed by atoms with Gasteiger partial charge in [-0.25, -0.2) is 0 Å². The SMILES string of the molecule is CCOc1ccc(C=NN2CCN(c3ccccc3OC)CC2)cc1OC. The molecule has 1 fully saturated rings. The molecule has 27 heavy (non-hydrogen) atoms. The largest absolute Gasteiger partial charge is 0.495 e. The molecule has 6 heteroatoms. The normalized spacial score (nSPS) is 14.5. The van der Waals surface area contributed by atoms with Gasteiger partial charge in [-0.05, 0) is 42.8 Å². The number of ether oxygens (including phenoxy) is 3. The van der Waals surface area contributed by atoms with Crippen molar-refractivity contribution in [1.82, 2.24) is 5.01 Å². The highest BCUT2D eigenvalue weighted by Crippen LogP contribution is 2.29. The zero-order valence-electron chi connectivity index (χ0n) is 16.2. The molecule has 144 valence electrons. The molecule has 0 unspecified atom stereocenters. The minimum Gasteiger partial charge on any atom is -0.495 e. The highest BCUT2D eigenvalue weighted by atomic mass is 16.5. The van der Waals surface area contributed by atoms with E-state index in [-0.39, 0.29) is 0 Å². The van der Waals surface area contributed by atoms with Crippen molar-refractivity contribution in [3.8, 4) is 17.2 Å². The fourth-order valence-corrected chi connectivity index (χ4v) is 3.13. The molecule has 1 saturated heterocycles. The third kappa shape index (κ3) is 4.64. The first kappa shape index (κ1) is 18.9. The van der Waals surface area contributed by atoms with Crippen molar-refractivity contribution in [1.29, 1.82) is 0 Å². The van der Waals surface area contributed by atoms with Gasteiger partial charge in [0.2, 0.25) is 0 Å². The van der Waals surface area contributed by atoms with Gasteiger partial charge in [0.1, 0.15) is 5.75 Å². The van der Waals surface area contributed by atoms with Crippen LogP contribution in [0, 0.1) is 0 Å². The summed E-state index contributed by atoms with van der Waals surface area (Å²) in [5.41, 5.74) is 2.13. The van der Waals surface area contributed by atoms with Crippen molar-refractivity contribution < 1.29 is 14.2 Å². The van der Waals surface area contributed by atoms with Crippen LogP contribution in [0.2, 0.25) is 0 Å². The maximum absolute atomic E-state index is 5.55. The van der Waals surface area contributed by atoms with Gasteiger partial charge < -0.3 is 19.1 Å². The molecule has 1 heterocycles. The van der Waals surface area contributed by atoms with E-state index in [1.54, 1.807) is 14.2 Å². The number of piperazine rings is 1. The molecule has 0 aliphatic carbocycles. The first-order valence-electron chi connectivity index (χ1n) is 9.23. The third-order valence-corrected chi connectivity index (χ3v) is 4.54. The number of hydrazone groups is 1. The van der Waals surface area contributed by atoms with Crippen molar-refractivity contribution in [2.45, 2.75) is 6.92 Å². The van der Waals surface area contributed by atoms with E-state index in [9.17, 15) is 0 Å². The van der Waals surface area contributed by atoms with Gasteiger partial charge in [-0.2, -0.15) is 5.10 Å². The third-order valence-electron chi connectivity index (χ3n) is 4.54. The van der Waals surface area contributed by atoms with Gasteiger partial charge in [0.25, 0.3) is 0 Å². The minimum atomic E-state index is 0.611. The minimum absolute atomic E-state index is 0.611. The number of rotatable bonds is 7. The first-order chi connectivity index (χ1) is 13.2. The zero-order chi connectivity index (χ0) is 19.1. The van der Waals surface area contributed by atoms with Crippen LogP contribution in [0.25, 0.3) is 0 Å². The lowest BCUT2D eigenvalue weighted by atomic mass is 10.2. The Balaban J connectivity index is 1.60. The molecule has 1 aliphatic heterocycles. The lowest BCUT2D eigenvalue weighted by Gasteiger charge is -2.35. The van der Waals surface area contributed by atoms with Crippen LogP contribution in [0.1, 0.15) is 12.5 Å². The number of anilines is 1. The van der Waals surface area contributed by atoms with Crippen molar-refractivity contribution in [2.75, 3.05) is 51.9 Å². The molecule has 2 aromatic rings. The highest BCUT2D eigenvalue weighted by molar-refractivity contribution is 5.80. The number of nitrogens with zero attached hydrogens (tertiary/aromatic N) is 3. The highest BCUT2D eigenvalue weighted by Gasteiger charge is 2.18. The second kappa shape index (κ2) is 9.16. The Morgan fingerprint density at radius 3 is 2.37 bits per heavy atom. The standard InChI is InChI=1S/C21H27N3O3/c1-4-27-20-10-9-17(15-21(20)26-3)16-22-24-13-11-23(12-14-24)18-7-5-6-8-19(18)25-2/h5-10,15-16H,4,11-14H2,1-3H3. The number of benzene rings is 2. The molecule has 1 aliphatic rings. The summed E-state index contributed by atoms with van der Waals surface area (Å²) in [6.45, 7) is 6.11. The van der Waals surface area contributed by atoms with Crippen molar-refractivity contribution in [3.05, 3.63) is 48.0 Å². The van der Waals surface area contributed by atoms with Gasteiger partial charge in [-0.3, -0.25) is 5.01 Å². The van der Waals surface area contributed by atoms with Crippen molar-refractivity contribution in [2.24, 2.45) is 5.10 Å². The summed E-state index contributed by atoms with van der Waals surface area (Å²) in [5.74, 6) is 2.39. The summed E-state index contributed by atoms with van der Waals surface area (Å²) in [7, 11) is 3.36. The van der Waals surface area contributed by atoms with Crippen LogP contribution in [-0.2, 0) is 0 Å². The van der Waals surface area contributed by atoms with Gasteiger partial charge in [0, 0.05) is 13.1 Å². The number of hydrogen-bond acceptors (Lipinski definition) is 6. The predicted molar refractivity (Wildman–Crippen MR) is 109 cm³/mol. The number of para-hydroxylation sites is 2. The molecule has 0 amide bonds. The first-order valence-corrected chi connectivity index (χ1v) is 9.23. The van der Waals surface area contributed by atoms with Crippen molar-refractivity contribution >= 4 is 11.9 Å². The fourth-order valence-electron chi connectivity index (χ4n) is 3.13. The van der Waals surface area contributed by atoms with E-state index in [0.29, 0.717) is 6.61 Å². The second-order valence-corrected chi connectivity index (χ2v) is 6.20. The molecular weight excluding hydrogens is 342 g/mol. The van der Waals surface area contributed by atoms with E-state index in [1.807, 2.05) is 49.5 Å². The molecule has 2 aromatic carbocycles. The van der Waals surface area contributed by atoms with Crippen LogP contribution in [0.4, 0.5) is 5.69 Å². The quantitative estimate of drug-likeness (QED) is 0.701. The maximum Gasteiger partial charge on any atom is 0.161 e. The Labute approximate surface area is 160 Å². The average molecular weight is 369 g/mol. The number of methoxy groups -OCH3 is 2. The van der Waals surface area contributed by atoms with E-state index >= 15 is 0 Å². The molecule has 0 bridgehead atoms. The Morgan fingerprint density at radius 1 is 0.926 bits per heavy atom. The fraction of sp³-hybridized carbons (Fsp3) is 0.381. The van der Waals surface area contributed by atoms with Crippen LogP contribution < -0.4 is 19.1 Å². The Kier molecular flexibility index (Phi) is 6.41. The maximum atomic E-state index is 5.55. The van der Waals surface area contributed by atoms with Gasteiger partial charge >= 0.3 is 0 Å². The van der Waals surface area contributed by atoms with Gasteiger partial charge in [0.05, 0.1) is 45.8 Å². The molecule has 0 radical (unpaired) electrons. The number of hydrogen-bond donors (Lipinski definition) is 0. The molecule has 0 saturated carbocycles. The lowest BCUT2D eigenvalue weighted by molar-refractivity contribution is 0.271. The van der Waals surface area contributed by atoms with Crippen LogP contribution in [-0.4, -0.2) is 58.2 Å². The van der Waals surface area contributed by atoms with Crippen LogP contribution in [0.5, 0.6) is 17.2 Å². The lowest BCUT2D eigenvalue weighted by Crippen LogP contribution is -2.44. The molecule has 3 rings (SSSR count). The van der Waals surface area contributed by atoms with Crippen molar-refractivity contribution in [3.63, 3.8) is 0 Å². The van der Waals surface area contributed by atoms with E-state index in [2.05, 4.69) is 21.1 Å². The predicted octanol–water partition coefficient (Wildman–Crippen LogP) is 3.26. The summed E-state index contributed by atoms with van der Waals surface area (Å²) in [4.78, 5) is 2.34. The Hall–Kier alpha value is -2.89. The Bertz CT molecular complexity index is 771. The summed E-state index contributed by atoms with van der Waals surface area (Å²) < 4.78 is 16.4. The van der Waals surface area contributed by atoms with Crippen LogP contribution in [0.3, 0.4) is 0 Å². The zero-order valence-corrected chi connectivity index (χ0v) is 16.2. The van der Waals surface area contributed by atoms with E-state index in [1.165, 1.54) is 0 Å². The average Bonchev–Trinajstić information content (AvgIpc) is 2.73. The van der Waals surface area contributed by atoms with E-state index in [4.69, 9.17) is 14.2 Å². The summed E-state index contributed by atoms with van der Waals surface area (Å²) >= 11 is 0. The van der Waals surface area contributed by atoms with Gasteiger partial charge in [-0.15, -0.1) is 0 Å². The second-order valence-electron chi connectivity index (χ2n) is 6.20. The van der Waals surface area contributed by atoms with Crippen LogP contribution in [0.15, 0.2) is 47.6 Å². The Morgan fingerprint density at radius 2 is 1.67 bits per heavy atom. The molecule has 0 atom stereocenters. The monoisotopic (exact) mass is 369 g/mol. The summed E-state index contributed by atoms with van der Waals surface area (Å²) in [5, 5.41) is 6.72. The van der Waals surface area contributed by atoms with Gasteiger partial charge in [-0.1, -0.05) is 12.1 Å². The van der Waals surface area contributed by atoms with Crippen LogP contribution >= 0.6 is 0 Å². The molecule has 0 aromatic heterocycles. The molecular formula is C21H27N3O3. The van der Waals surface area contributed by atoms with E-state index in [0.717, 1.165) is 54.7 Å². The van der Waals surface area contributed by atoms with Gasteiger partial charge in [0.15, 0.2) is 11.5 Å². The molecule has 0 spiro atoms. The molecule has 6 nitrogen and oxygen atoms in total. The smallest absolute Gasteiger partial charge is 0.161 e. The summed E-state index contributed by atoms with van der Waals surface area (Å²) in [6, 6.07) is 14.0. The topological polar surface area (TPSA) is 46.5 Å².